The second-order valence-electron chi connectivity index (χ2n) is 4.91. The second kappa shape index (κ2) is 4.97. The number of nitrogen functional groups attached to an aromatic ring is 1. The number of hydrogen-bond donors (Lipinski definition) is 2. The number of likely N-dealkylation sites (N-methyl/N-ethyl adjacent to an activating group) is 1. The summed E-state index contributed by atoms with van der Waals surface area (Å²) in [4.78, 5) is 9.97. The van der Waals surface area contributed by atoms with Crippen LogP contribution in [0.15, 0.2) is 6.33 Å². The summed E-state index contributed by atoms with van der Waals surface area (Å²) in [6, 6.07) is 0. The fourth-order valence-electron chi connectivity index (χ4n) is 2.55. The molecule has 6 heteroatoms. The number of nitrogens with two attached hydrogens (primary N) is 1. The molecule has 0 saturated heterocycles. The van der Waals surface area contributed by atoms with Crippen molar-refractivity contribution >= 4 is 11.5 Å². The fourth-order valence-corrected chi connectivity index (χ4v) is 2.55. The van der Waals surface area contributed by atoms with Gasteiger partial charge in [0.25, 0.3) is 0 Å². The number of aromatic nitrogens is 2. The van der Waals surface area contributed by atoms with Crippen molar-refractivity contribution in [2.24, 2.45) is 0 Å². The van der Waals surface area contributed by atoms with Crippen LogP contribution in [0, 0.1) is 0 Å². The molecule has 1 heterocycles. The lowest BCUT2D eigenvalue weighted by atomic mass is 10.0. The smallest absolute Gasteiger partial charge is 0.242 e. The van der Waals surface area contributed by atoms with E-state index in [0.29, 0.717) is 23.9 Å². The van der Waals surface area contributed by atoms with E-state index in [4.69, 9.17) is 10.5 Å². The minimum atomic E-state index is -0.626. The molecule has 3 N–H and O–H groups in total. The van der Waals surface area contributed by atoms with Gasteiger partial charge in [0, 0.05) is 13.6 Å². The van der Waals surface area contributed by atoms with Crippen molar-refractivity contribution in [3.63, 3.8) is 0 Å². The highest BCUT2D eigenvalue weighted by molar-refractivity contribution is 5.67. The molecule has 1 fully saturated rings. The number of aliphatic hydroxyl groups is 1. The molecule has 0 radical (unpaired) electrons. The molecule has 1 aliphatic rings. The largest absolute Gasteiger partial charge is 0.479 e. The molecule has 0 aliphatic heterocycles. The SMILES string of the molecule is COc1ncnc(N(C)CC2(O)CCCC2)c1N. The van der Waals surface area contributed by atoms with Crippen molar-refractivity contribution in [2.75, 3.05) is 31.3 Å². The van der Waals surface area contributed by atoms with Gasteiger partial charge < -0.3 is 20.5 Å². The lowest BCUT2D eigenvalue weighted by Gasteiger charge is -2.29. The number of anilines is 2. The molecule has 100 valence electrons. The van der Waals surface area contributed by atoms with Gasteiger partial charge in [0.05, 0.1) is 12.7 Å². The topological polar surface area (TPSA) is 84.5 Å². The van der Waals surface area contributed by atoms with E-state index in [9.17, 15) is 5.11 Å². The first kappa shape index (κ1) is 12.9. The molecular weight excluding hydrogens is 232 g/mol. The summed E-state index contributed by atoms with van der Waals surface area (Å²) in [7, 11) is 3.39. The molecule has 2 rings (SSSR count). The van der Waals surface area contributed by atoms with E-state index in [1.54, 1.807) is 0 Å². The average molecular weight is 252 g/mol. The van der Waals surface area contributed by atoms with Gasteiger partial charge >= 0.3 is 0 Å². The van der Waals surface area contributed by atoms with E-state index in [-0.39, 0.29) is 0 Å². The van der Waals surface area contributed by atoms with Crippen LogP contribution in [-0.2, 0) is 0 Å². The number of hydrogen-bond acceptors (Lipinski definition) is 6. The Morgan fingerprint density at radius 3 is 2.72 bits per heavy atom. The van der Waals surface area contributed by atoms with Gasteiger partial charge in [-0.15, -0.1) is 0 Å². The molecule has 0 unspecified atom stereocenters. The molecule has 18 heavy (non-hydrogen) atoms. The summed E-state index contributed by atoms with van der Waals surface area (Å²) in [5, 5.41) is 10.4. The Morgan fingerprint density at radius 2 is 2.11 bits per heavy atom. The first-order chi connectivity index (χ1) is 8.56. The summed E-state index contributed by atoms with van der Waals surface area (Å²) in [5.41, 5.74) is 5.72. The normalized spacial score (nSPS) is 17.7. The summed E-state index contributed by atoms with van der Waals surface area (Å²) in [6.07, 6.45) is 5.23. The van der Waals surface area contributed by atoms with E-state index in [1.807, 2.05) is 11.9 Å². The number of methoxy groups -OCH3 is 1. The maximum absolute atomic E-state index is 10.4. The summed E-state index contributed by atoms with van der Waals surface area (Å²) < 4.78 is 5.07. The molecule has 0 aromatic carbocycles. The van der Waals surface area contributed by atoms with E-state index in [1.165, 1.54) is 13.4 Å². The Labute approximate surface area is 107 Å². The molecule has 6 nitrogen and oxygen atoms in total. The minimum absolute atomic E-state index is 0.366. The Bertz CT molecular complexity index is 419. The van der Waals surface area contributed by atoms with Crippen LogP contribution in [0.1, 0.15) is 25.7 Å². The molecule has 0 atom stereocenters. The van der Waals surface area contributed by atoms with Gasteiger partial charge in [0.15, 0.2) is 5.82 Å². The first-order valence-corrected chi connectivity index (χ1v) is 6.14. The van der Waals surface area contributed by atoms with Crippen molar-refractivity contribution < 1.29 is 9.84 Å². The van der Waals surface area contributed by atoms with Crippen LogP contribution in [0.2, 0.25) is 0 Å². The van der Waals surface area contributed by atoms with Gasteiger partial charge in [-0.3, -0.25) is 0 Å². The monoisotopic (exact) mass is 252 g/mol. The zero-order chi connectivity index (χ0) is 13.2. The molecule has 0 amide bonds. The summed E-state index contributed by atoms with van der Waals surface area (Å²) >= 11 is 0. The number of ether oxygens (including phenoxy) is 1. The van der Waals surface area contributed by atoms with Crippen molar-refractivity contribution in [3.05, 3.63) is 6.33 Å². The Morgan fingerprint density at radius 1 is 1.44 bits per heavy atom. The van der Waals surface area contributed by atoms with Crippen LogP contribution in [-0.4, -0.2) is 41.4 Å². The quantitative estimate of drug-likeness (QED) is 0.825. The first-order valence-electron chi connectivity index (χ1n) is 6.14. The third-order valence-electron chi connectivity index (χ3n) is 3.45. The van der Waals surface area contributed by atoms with E-state index < -0.39 is 5.60 Å². The molecular formula is C12H20N4O2. The van der Waals surface area contributed by atoms with E-state index in [0.717, 1.165) is 25.7 Å². The van der Waals surface area contributed by atoms with E-state index >= 15 is 0 Å². The molecule has 1 saturated carbocycles. The molecule has 0 bridgehead atoms. The Hall–Kier alpha value is -1.56. The second-order valence-corrected chi connectivity index (χ2v) is 4.91. The predicted molar refractivity (Wildman–Crippen MR) is 69.7 cm³/mol. The molecule has 0 spiro atoms. The van der Waals surface area contributed by atoms with Crippen LogP contribution in [0.4, 0.5) is 11.5 Å². The Kier molecular flexibility index (Phi) is 3.56. The number of rotatable bonds is 4. The highest BCUT2D eigenvalue weighted by Crippen LogP contribution is 2.33. The van der Waals surface area contributed by atoms with Gasteiger partial charge in [-0.05, 0) is 12.8 Å². The van der Waals surface area contributed by atoms with Gasteiger partial charge in [0.1, 0.15) is 12.0 Å². The third-order valence-corrected chi connectivity index (χ3v) is 3.45. The van der Waals surface area contributed by atoms with Crippen LogP contribution in [0.25, 0.3) is 0 Å². The summed E-state index contributed by atoms with van der Waals surface area (Å²) in [6.45, 7) is 0.525. The van der Waals surface area contributed by atoms with E-state index in [2.05, 4.69) is 9.97 Å². The van der Waals surface area contributed by atoms with Crippen molar-refractivity contribution in [1.29, 1.82) is 0 Å². The maximum Gasteiger partial charge on any atom is 0.242 e. The third kappa shape index (κ3) is 2.48. The van der Waals surface area contributed by atoms with Gasteiger partial charge in [0.2, 0.25) is 5.88 Å². The van der Waals surface area contributed by atoms with Gasteiger partial charge in [-0.25, -0.2) is 4.98 Å². The highest BCUT2D eigenvalue weighted by atomic mass is 16.5. The zero-order valence-electron chi connectivity index (χ0n) is 10.9. The van der Waals surface area contributed by atoms with Crippen molar-refractivity contribution in [2.45, 2.75) is 31.3 Å². The fraction of sp³-hybridized carbons (Fsp3) is 0.667. The van der Waals surface area contributed by atoms with Crippen LogP contribution in [0.3, 0.4) is 0 Å². The average Bonchev–Trinajstić information content (AvgIpc) is 2.76. The zero-order valence-corrected chi connectivity index (χ0v) is 10.9. The maximum atomic E-state index is 10.4. The van der Waals surface area contributed by atoms with Crippen molar-refractivity contribution in [1.82, 2.24) is 9.97 Å². The summed E-state index contributed by atoms with van der Waals surface area (Å²) in [5.74, 6) is 0.965. The van der Waals surface area contributed by atoms with Crippen LogP contribution < -0.4 is 15.4 Å². The molecule has 1 aromatic rings. The standard InChI is InChI=1S/C12H20N4O2/c1-16(7-12(17)5-3-4-6-12)10-9(13)11(18-2)15-8-14-10/h8,17H,3-7,13H2,1-2H3. The minimum Gasteiger partial charge on any atom is -0.479 e. The lowest BCUT2D eigenvalue weighted by Crippen LogP contribution is -2.39. The van der Waals surface area contributed by atoms with Gasteiger partial charge in [-0.2, -0.15) is 4.98 Å². The predicted octanol–water partition coefficient (Wildman–Crippen LogP) is 0.809. The molecule has 1 aliphatic carbocycles. The molecule has 1 aromatic heterocycles. The van der Waals surface area contributed by atoms with Crippen LogP contribution >= 0.6 is 0 Å². The Balaban J connectivity index is 2.15. The van der Waals surface area contributed by atoms with Crippen molar-refractivity contribution in [3.8, 4) is 5.88 Å². The highest BCUT2D eigenvalue weighted by Gasteiger charge is 2.33. The number of nitrogens with zero attached hydrogens (tertiary/aromatic N) is 3. The lowest BCUT2D eigenvalue weighted by molar-refractivity contribution is 0.0558. The van der Waals surface area contributed by atoms with Gasteiger partial charge in [-0.1, -0.05) is 12.8 Å². The van der Waals surface area contributed by atoms with Crippen LogP contribution in [0.5, 0.6) is 5.88 Å².